The van der Waals surface area contributed by atoms with Crippen LogP contribution in [0.15, 0.2) is 30.3 Å². The van der Waals surface area contributed by atoms with E-state index in [1.54, 1.807) is 0 Å². The molecular weight excluding hydrogens is 198 g/mol. The normalized spacial score (nSPS) is 8.69. The van der Waals surface area contributed by atoms with Gasteiger partial charge < -0.3 is 4.74 Å². The van der Waals surface area contributed by atoms with Gasteiger partial charge in [0.2, 0.25) is 0 Å². The average molecular weight is 225 g/mol. The van der Waals surface area contributed by atoms with Crippen molar-refractivity contribution < 1.29 is 4.74 Å². The lowest BCUT2D eigenvalue weighted by atomic mass is 10.2. The van der Waals surface area contributed by atoms with Crippen LogP contribution >= 0.6 is 0 Å². The molecule has 0 saturated carbocycles. The quantitative estimate of drug-likeness (QED) is 0.723. The van der Waals surface area contributed by atoms with Crippen LogP contribution in [0.1, 0.15) is 33.3 Å². The third-order valence-electron chi connectivity index (χ3n) is 1.46. The topological polar surface area (TPSA) is 12.5 Å². The Kier molecular flexibility index (Phi) is 15.5. The summed E-state index contributed by atoms with van der Waals surface area (Å²) < 4.78 is 5.41. The van der Waals surface area contributed by atoms with Crippen molar-refractivity contribution in [1.82, 2.24) is 4.90 Å². The number of benzene rings is 1. The molecule has 2 nitrogen and oxygen atoms in total. The number of nitrogens with zero attached hydrogens (tertiary/aromatic N) is 1. The third-order valence-corrected chi connectivity index (χ3v) is 1.46. The summed E-state index contributed by atoms with van der Waals surface area (Å²) in [6, 6.07) is 10.2. The molecule has 0 heterocycles. The minimum atomic E-state index is 0.675. The highest BCUT2D eigenvalue weighted by Crippen LogP contribution is 1.99. The Bertz CT molecular complexity index is 209. The first-order chi connectivity index (χ1) is 7.79. The summed E-state index contributed by atoms with van der Waals surface area (Å²) >= 11 is 0. The lowest BCUT2D eigenvalue weighted by molar-refractivity contribution is 0.0451. The summed E-state index contributed by atoms with van der Waals surface area (Å²) in [5, 5.41) is 0. The second kappa shape index (κ2) is 14.1. The Morgan fingerprint density at radius 3 is 1.88 bits per heavy atom. The van der Waals surface area contributed by atoms with Gasteiger partial charge in [0.05, 0.1) is 13.3 Å². The van der Waals surface area contributed by atoms with Gasteiger partial charge in [-0.05, 0) is 19.7 Å². The van der Waals surface area contributed by atoms with Gasteiger partial charge >= 0.3 is 0 Å². The van der Waals surface area contributed by atoms with E-state index >= 15 is 0 Å². The van der Waals surface area contributed by atoms with Crippen molar-refractivity contribution in [3.05, 3.63) is 35.9 Å². The maximum atomic E-state index is 5.41. The smallest absolute Gasteiger partial charge is 0.0989 e. The predicted molar refractivity (Wildman–Crippen MR) is 72.5 cm³/mol. The van der Waals surface area contributed by atoms with Crippen LogP contribution in [-0.2, 0) is 11.3 Å². The average Bonchev–Trinajstić information content (AvgIpc) is 2.35. The van der Waals surface area contributed by atoms with Crippen LogP contribution in [0.2, 0.25) is 0 Å². The third kappa shape index (κ3) is 11.2. The molecule has 16 heavy (non-hydrogen) atoms. The van der Waals surface area contributed by atoms with Crippen molar-refractivity contribution >= 4 is 0 Å². The molecule has 0 aliphatic heterocycles. The first-order valence-electron chi connectivity index (χ1n) is 6.05. The molecule has 0 aliphatic carbocycles. The Labute approximate surface area is 101 Å². The summed E-state index contributed by atoms with van der Waals surface area (Å²) in [7, 11) is 3.98. The Balaban J connectivity index is 0. The van der Waals surface area contributed by atoms with Gasteiger partial charge in [-0.3, -0.25) is 4.90 Å². The predicted octanol–water partition coefficient (Wildman–Crippen LogP) is 3.77. The van der Waals surface area contributed by atoms with Gasteiger partial charge in [0, 0.05) is 0 Å². The van der Waals surface area contributed by atoms with Gasteiger partial charge in [0.15, 0.2) is 0 Å². The molecule has 0 radical (unpaired) electrons. The molecule has 0 amide bonds. The maximum absolute atomic E-state index is 5.41. The molecule has 0 N–H and O–H groups in total. The van der Waals surface area contributed by atoms with Crippen LogP contribution in [0.25, 0.3) is 0 Å². The maximum Gasteiger partial charge on any atom is 0.0989 e. The van der Waals surface area contributed by atoms with Crippen molar-refractivity contribution in [1.29, 1.82) is 0 Å². The standard InChI is InChI=1S/C10H15NO.2C2H6/c1-11(2)9-12-8-10-6-4-3-5-7-10;2*1-2/h3-7H,8-9H2,1-2H3;2*1-2H3. The Hall–Kier alpha value is -0.860. The molecule has 94 valence electrons. The van der Waals surface area contributed by atoms with Crippen molar-refractivity contribution in [2.75, 3.05) is 20.8 Å². The molecule has 0 fully saturated rings. The summed E-state index contributed by atoms with van der Waals surface area (Å²) in [5.41, 5.74) is 1.22. The summed E-state index contributed by atoms with van der Waals surface area (Å²) in [5.74, 6) is 0. The lowest BCUT2D eigenvalue weighted by Crippen LogP contribution is -2.15. The molecule has 0 spiro atoms. The van der Waals surface area contributed by atoms with Crippen molar-refractivity contribution in [2.24, 2.45) is 0 Å². The van der Waals surface area contributed by atoms with Crippen molar-refractivity contribution in [3.63, 3.8) is 0 Å². The minimum absolute atomic E-state index is 0.675. The van der Waals surface area contributed by atoms with E-state index in [0.717, 1.165) is 0 Å². The Morgan fingerprint density at radius 2 is 1.44 bits per heavy atom. The van der Waals surface area contributed by atoms with Gasteiger partial charge in [-0.1, -0.05) is 58.0 Å². The number of ether oxygens (including phenoxy) is 1. The van der Waals surface area contributed by atoms with Crippen LogP contribution < -0.4 is 0 Å². The molecule has 0 aromatic heterocycles. The largest absolute Gasteiger partial charge is 0.361 e. The summed E-state index contributed by atoms with van der Waals surface area (Å²) in [6.07, 6.45) is 0. The van der Waals surface area contributed by atoms with E-state index in [1.807, 2.05) is 64.9 Å². The molecule has 0 bridgehead atoms. The van der Waals surface area contributed by atoms with E-state index in [4.69, 9.17) is 4.74 Å². The van der Waals surface area contributed by atoms with E-state index in [9.17, 15) is 0 Å². The fourth-order valence-electron chi connectivity index (χ4n) is 0.920. The zero-order valence-corrected chi connectivity index (χ0v) is 11.7. The molecule has 1 aromatic rings. The fraction of sp³-hybridized carbons (Fsp3) is 0.571. The van der Waals surface area contributed by atoms with Gasteiger partial charge in [-0.2, -0.15) is 0 Å². The van der Waals surface area contributed by atoms with Crippen LogP contribution in [0.3, 0.4) is 0 Å². The second-order valence-corrected chi connectivity index (χ2v) is 3.04. The monoisotopic (exact) mass is 225 g/mol. The first-order valence-corrected chi connectivity index (χ1v) is 6.05. The highest BCUT2D eigenvalue weighted by molar-refractivity contribution is 5.13. The first kappa shape index (κ1) is 17.5. The zero-order chi connectivity index (χ0) is 12.8. The molecule has 1 aromatic carbocycles. The van der Waals surface area contributed by atoms with Crippen LogP contribution in [0, 0.1) is 0 Å². The van der Waals surface area contributed by atoms with E-state index in [0.29, 0.717) is 13.3 Å². The zero-order valence-electron chi connectivity index (χ0n) is 11.7. The van der Waals surface area contributed by atoms with Crippen LogP contribution in [0.4, 0.5) is 0 Å². The number of hydrogen-bond acceptors (Lipinski definition) is 2. The molecule has 0 saturated heterocycles. The minimum Gasteiger partial charge on any atom is -0.361 e. The lowest BCUT2D eigenvalue weighted by Gasteiger charge is -2.09. The van der Waals surface area contributed by atoms with E-state index in [-0.39, 0.29) is 0 Å². The van der Waals surface area contributed by atoms with Gasteiger partial charge in [-0.15, -0.1) is 0 Å². The molecule has 1 rings (SSSR count). The fourth-order valence-corrected chi connectivity index (χ4v) is 0.920. The molecule has 0 atom stereocenters. The van der Waals surface area contributed by atoms with Crippen LogP contribution in [-0.4, -0.2) is 25.7 Å². The number of hydrogen-bond donors (Lipinski definition) is 0. The van der Waals surface area contributed by atoms with Gasteiger partial charge in [-0.25, -0.2) is 0 Å². The van der Waals surface area contributed by atoms with Gasteiger partial charge in [0.25, 0.3) is 0 Å². The van der Waals surface area contributed by atoms with E-state index in [2.05, 4.69) is 12.1 Å². The summed E-state index contributed by atoms with van der Waals surface area (Å²) in [4.78, 5) is 2.00. The molecule has 0 aliphatic rings. The van der Waals surface area contributed by atoms with E-state index in [1.165, 1.54) is 5.56 Å². The highest BCUT2D eigenvalue weighted by atomic mass is 16.5. The highest BCUT2D eigenvalue weighted by Gasteiger charge is 1.91. The van der Waals surface area contributed by atoms with Crippen molar-refractivity contribution in [2.45, 2.75) is 34.3 Å². The number of rotatable bonds is 4. The van der Waals surface area contributed by atoms with E-state index < -0.39 is 0 Å². The SMILES string of the molecule is CC.CC.CN(C)COCc1ccccc1. The van der Waals surface area contributed by atoms with Crippen molar-refractivity contribution in [3.8, 4) is 0 Å². The molecule has 2 heteroatoms. The Morgan fingerprint density at radius 1 is 0.938 bits per heavy atom. The second-order valence-electron chi connectivity index (χ2n) is 3.04. The molecule has 0 unspecified atom stereocenters. The summed E-state index contributed by atoms with van der Waals surface area (Å²) in [6.45, 7) is 9.37. The molecular formula is C14H27NO. The van der Waals surface area contributed by atoms with Crippen LogP contribution in [0.5, 0.6) is 0 Å². The van der Waals surface area contributed by atoms with Gasteiger partial charge in [0.1, 0.15) is 0 Å².